The van der Waals surface area contributed by atoms with Crippen molar-refractivity contribution < 1.29 is 19.4 Å². The molecular formula is C13H17NO4S. The van der Waals surface area contributed by atoms with E-state index in [-0.39, 0.29) is 6.09 Å². The van der Waals surface area contributed by atoms with Crippen molar-refractivity contribution in [3.05, 3.63) is 21.4 Å². The Balaban J connectivity index is 2.15. The van der Waals surface area contributed by atoms with Gasteiger partial charge in [0.05, 0.1) is 12.1 Å². The number of carbonyl (C=O) groups is 2. The van der Waals surface area contributed by atoms with Crippen LogP contribution in [0.3, 0.4) is 0 Å². The number of nitrogens with zero attached hydrogens (tertiary/aromatic N) is 1. The van der Waals surface area contributed by atoms with Crippen molar-refractivity contribution in [3.63, 3.8) is 0 Å². The zero-order chi connectivity index (χ0) is 14.2. The molecule has 6 heteroatoms. The minimum absolute atomic E-state index is 0.299. The highest BCUT2D eigenvalue weighted by atomic mass is 32.1. The molecule has 0 aromatic carbocycles. The lowest BCUT2D eigenvalue weighted by molar-refractivity contribution is 0.0223. The SMILES string of the molecule is CC(C)(C)OC(=O)N1CCc2scc(C(=O)O)c2C1. The van der Waals surface area contributed by atoms with E-state index in [0.29, 0.717) is 25.1 Å². The Bertz CT molecular complexity index is 515. The molecule has 1 aromatic heterocycles. The highest BCUT2D eigenvalue weighted by Gasteiger charge is 2.29. The topological polar surface area (TPSA) is 66.8 Å². The zero-order valence-electron chi connectivity index (χ0n) is 11.2. The summed E-state index contributed by atoms with van der Waals surface area (Å²) in [5, 5.41) is 10.8. The van der Waals surface area contributed by atoms with Gasteiger partial charge in [-0.1, -0.05) is 0 Å². The number of carboxylic acid groups (broad SMARTS) is 1. The number of carbonyl (C=O) groups excluding carboxylic acids is 1. The summed E-state index contributed by atoms with van der Waals surface area (Å²) in [6, 6.07) is 0. The van der Waals surface area contributed by atoms with E-state index in [1.54, 1.807) is 10.3 Å². The van der Waals surface area contributed by atoms with Gasteiger partial charge in [0.1, 0.15) is 5.60 Å². The maximum Gasteiger partial charge on any atom is 0.410 e. The molecule has 0 saturated carbocycles. The molecule has 0 radical (unpaired) electrons. The fourth-order valence-corrected chi connectivity index (χ4v) is 3.00. The van der Waals surface area contributed by atoms with Crippen molar-refractivity contribution in [1.82, 2.24) is 4.90 Å². The van der Waals surface area contributed by atoms with Gasteiger partial charge in [-0.2, -0.15) is 0 Å². The second kappa shape index (κ2) is 4.85. The molecule has 0 aliphatic carbocycles. The summed E-state index contributed by atoms with van der Waals surface area (Å²) in [6.07, 6.45) is 0.299. The lowest BCUT2D eigenvalue weighted by Crippen LogP contribution is -2.39. The Morgan fingerprint density at radius 3 is 2.68 bits per heavy atom. The third kappa shape index (κ3) is 3.07. The van der Waals surface area contributed by atoms with Crippen molar-refractivity contribution in [3.8, 4) is 0 Å². The van der Waals surface area contributed by atoms with Crippen LogP contribution >= 0.6 is 11.3 Å². The first kappa shape index (κ1) is 13.9. The highest BCUT2D eigenvalue weighted by molar-refractivity contribution is 7.10. The minimum Gasteiger partial charge on any atom is -0.478 e. The summed E-state index contributed by atoms with van der Waals surface area (Å²) in [6.45, 7) is 6.32. The number of carboxylic acids is 1. The molecule has 0 unspecified atom stereocenters. The molecule has 1 aromatic rings. The van der Waals surface area contributed by atoms with E-state index in [1.807, 2.05) is 20.8 Å². The normalized spacial score (nSPS) is 15.0. The van der Waals surface area contributed by atoms with Gasteiger partial charge in [-0.05, 0) is 27.2 Å². The third-order valence-electron chi connectivity index (χ3n) is 2.82. The molecule has 1 amide bonds. The summed E-state index contributed by atoms with van der Waals surface area (Å²) < 4.78 is 5.31. The van der Waals surface area contributed by atoms with Crippen LogP contribution in [0, 0.1) is 0 Å². The molecule has 0 bridgehead atoms. The maximum absolute atomic E-state index is 12.0. The molecule has 2 rings (SSSR count). The van der Waals surface area contributed by atoms with Gasteiger partial charge in [-0.25, -0.2) is 9.59 Å². The van der Waals surface area contributed by atoms with Gasteiger partial charge in [0.2, 0.25) is 0 Å². The number of fused-ring (bicyclic) bond motifs is 1. The van der Waals surface area contributed by atoms with Crippen molar-refractivity contribution in [2.24, 2.45) is 0 Å². The number of ether oxygens (including phenoxy) is 1. The average Bonchev–Trinajstić information content (AvgIpc) is 2.68. The van der Waals surface area contributed by atoms with Crippen molar-refractivity contribution in [1.29, 1.82) is 0 Å². The summed E-state index contributed by atoms with van der Waals surface area (Å²) >= 11 is 1.45. The molecule has 0 saturated heterocycles. The van der Waals surface area contributed by atoms with E-state index in [0.717, 1.165) is 10.4 Å². The van der Waals surface area contributed by atoms with E-state index in [4.69, 9.17) is 9.84 Å². The zero-order valence-corrected chi connectivity index (χ0v) is 12.0. The fraction of sp³-hybridized carbons (Fsp3) is 0.538. The number of thiophene rings is 1. The number of hydrogen-bond donors (Lipinski definition) is 1. The van der Waals surface area contributed by atoms with Crippen molar-refractivity contribution in [2.45, 2.75) is 39.3 Å². The lowest BCUT2D eigenvalue weighted by Gasteiger charge is -2.30. The molecule has 104 valence electrons. The Kier molecular flexibility index (Phi) is 3.54. The van der Waals surface area contributed by atoms with Crippen LogP contribution in [0.25, 0.3) is 0 Å². The number of rotatable bonds is 1. The molecule has 1 aliphatic heterocycles. The minimum atomic E-state index is -0.941. The molecule has 1 aliphatic rings. The number of aromatic carboxylic acids is 1. The molecule has 19 heavy (non-hydrogen) atoms. The summed E-state index contributed by atoms with van der Waals surface area (Å²) in [4.78, 5) is 25.7. The van der Waals surface area contributed by atoms with Gasteiger partial charge in [-0.3, -0.25) is 0 Å². The van der Waals surface area contributed by atoms with Gasteiger partial charge in [0.15, 0.2) is 0 Å². The fourth-order valence-electron chi connectivity index (χ4n) is 1.97. The first-order valence-corrected chi connectivity index (χ1v) is 6.96. The third-order valence-corrected chi connectivity index (χ3v) is 3.91. The van der Waals surface area contributed by atoms with Crippen LogP contribution in [0.4, 0.5) is 4.79 Å². The second-order valence-electron chi connectivity index (χ2n) is 5.51. The second-order valence-corrected chi connectivity index (χ2v) is 6.47. The molecule has 2 heterocycles. The lowest BCUT2D eigenvalue weighted by atomic mass is 10.1. The number of amides is 1. The molecule has 0 spiro atoms. The largest absolute Gasteiger partial charge is 0.478 e. The summed E-state index contributed by atoms with van der Waals surface area (Å²) in [5.74, 6) is -0.941. The quantitative estimate of drug-likeness (QED) is 0.860. The maximum atomic E-state index is 12.0. The average molecular weight is 283 g/mol. The smallest absolute Gasteiger partial charge is 0.410 e. The van der Waals surface area contributed by atoms with Crippen LogP contribution in [0.1, 0.15) is 41.6 Å². The highest BCUT2D eigenvalue weighted by Crippen LogP contribution is 2.29. The number of hydrogen-bond acceptors (Lipinski definition) is 4. The predicted molar refractivity (Wildman–Crippen MR) is 71.6 cm³/mol. The van der Waals surface area contributed by atoms with E-state index < -0.39 is 11.6 Å². The van der Waals surface area contributed by atoms with Crippen LogP contribution in [0.2, 0.25) is 0 Å². The molecule has 0 fully saturated rings. The van der Waals surface area contributed by atoms with Crippen molar-refractivity contribution in [2.75, 3.05) is 6.54 Å². The monoisotopic (exact) mass is 283 g/mol. The van der Waals surface area contributed by atoms with E-state index in [9.17, 15) is 9.59 Å². The Morgan fingerprint density at radius 2 is 2.11 bits per heavy atom. The van der Waals surface area contributed by atoms with E-state index in [1.165, 1.54) is 11.3 Å². The van der Waals surface area contributed by atoms with Crippen molar-refractivity contribution >= 4 is 23.4 Å². The Hall–Kier alpha value is -1.56. The van der Waals surface area contributed by atoms with Crippen LogP contribution in [0.15, 0.2) is 5.38 Å². The first-order valence-electron chi connectivity index (χ1n) is 6.08. The molecular weight excluding hydrogens is 266 g/mol. The van der Waals surface area contributed by atoms with Gasteiger partial charge < -0.3 is 14.7 Å². The van der Waals surface area contributed by atoms with Crippen LogP contribution in [0.5, 0.6) is 0 Å². The summed E-state index contributed by atoms with van der Waals surface area (Å²) in [5.41, 5.74) is 0.504. The van der Waals surface area contributed by atoms with Gasteiger partial charge in [0.25, 0.3) is 0 Å². The Morgan fingerprint density at radius 1 is 1.42 bits per heavy atom. The predicted octanol–water partition coefficient (Wildman–Crippen LogP) is 2.74. The van der Waals surface area contributed by atoms with E-state index in [2.05, 4.69) is 0 Å². The van der Waals surface area contributed by atoms with Crippen LogP contribution in [-0.4, -0.2) is 34.2 Å². The van der Waals surface area contributed by atoms with E-state index >= 15 is 0 Å². The molecule has 5 nitrogen and oxygen atoms in total. The standard InChI is InChI=1S/C13H17NO4S/c1-13(2,3)18-12(17)14-5-4-10-8(6-14)9(7-19-10)11(15)16/h7H,4-6H2,1-3H3,(H,15,16). The van der Waals surface area contributed by atoms with Crippen LogP contribution in [-0.2, 0) is 17.7 Å². The first-order chi connectivity index (χ1) is 8.78. The van der Waals surface area contributed by atoms with Gasteiger partial charge >= 0.3 is 12.1 Å². The van der Waals surface area contributed by atoms with Gasteiger partial charge in [-0.15, -0.1) is 11.3 Å². The molecule has 1 N–H and O–H groups in total. The summed E-state index contributed by atoms with van der Waals surface area (Å²) in [7, 11) is 0. The van der Waals surface area contributed by atoms with Gasteiger partial charge in [0, 0.05) is 22.4 Å². The van der Waals surface area contributed by atoms with Crippen LogP contribution < -0.4 is 0 Å². The molecule has 0 atom stereocenters. The Labute approximate surface area is 115 Å².